The van der Waals surface area contributed by atoms with Gasteiger partial charge in [-0.25, -0.2) is 19.4 Å². The summed E-state index contributed by atoms with van der Waals surface area (Å²) < 4.78 is 0. The van der Waals surface area contributed by atoms with Gasteiger partial charge in [-0.15, -0.1) is 0 Å². The fraction of sp³-hybridized carbons (Fsp3) is 0.857. The minimum absolute atomic E-state index is 0.386. The Morgan fingerprint density at radius 1 is 0.722 bits per heavy atom. The molecule has 2 aliphatic carbocycles. The first kappa shape index (κ1) is 13.4. The van der Waals surface area contributed by atoms with Crippen molar-refractivity contribution in [2.45, 2.75) is 64.2 Å². The van der Waals surface area contributed by atoms with E-state index in [9.17, 15) is 9.59 Å². The quantitative estimate of drug-likeness (QED) is 0.571. The summed E-state index contributed by atoms with van der Waals surface area (Å²) >= 11 is 0. The first-order valence-electron chi connectivity index (χ1n) is 7.14. The lowest BCUT2D eigenvalue weighted by Crippen LogP contribution is -2.15. The van der Waals surface area contributed by atoms with E-state index in [1.165, 1.54) is 25.7 Å². The molecule has 0 spiro atoms. The van der Waals surface area contributed by atoms with Gasteiger partial charge < -0.3 is 0 Å². The van der Waals surface area contributed by atoms with Crippen molar-refractivity contribution in [2.24, 2.45) is 11.8 Å². The monoisotopic (exact) mass is 254 g/mol. The van der Waals surface area contributed by atoms with Crippen LogP contribution in [0.25, 0.3) is 0 Å². The van der Waals surface area contributed by atoms with Crippen LogP contribution >= 0.6 is 0 Å². The first-order chi connectivity index (χ1) is 8.74. The van der Waals surface area contributed by atoms with E-state index in [-0.39, 0.29) is 0 Å². The predicted molar refractivity (Wildman–Crippen MR) is 65.3 cm³/mol. The molecule has 2 aliphatic rings. The lowest BCUT2D eigenvalue weighted by Gasteiger charge is -2.09. The fourth-order valence-electron chi connectivity index (χ4n) is 3.06. The molecule has 0 amide bonds. The van der Waals surface area contributed by atoms with E-state index in [1.54, 1.807) is 0 Å². The molecule has 4 nitrogen and oxygen atoms in total. The molecule has 0 aromatic rings. The zero-order valence-corrected chi connectivity index (χ0v) is 10.9. The number of carbonyl (C=O) groups excluding carboxylic acids is 2. The predicted octanol–water partition coefficient (Wildman–Crippen LogP) is 3.15. The van der Waals surface area contributed by atoms with Crippen LogP contribution in [0, 0.1) is 11.8 Å². The van der Waals surface area contributed by atoms with Gasteiger partial charge in [-0.3, -0.25) is 0 Å². The highest BCUT2D eigenvalue weighted by Gasteiger charge is 2.23. The largest absolute Gasteiger partial charge is 0.355 e. The molecule has 18 heavy (non-hydrogen) atoms. The van der Waals surface area contributed by atoms with Crippen LogP contribution in [0.4, 0.5) is 0 Å². The van der Waals surface area contributed by atoms with Crippen LogP contribution in [-0.4, -0.2) is 11.9 Å². The summed E-state index contributed by atoms with van der Waals surface area (Å²) in [5, 5.41) is 0. The molecule has 2 rings (SSSR count). The minimum Gasteiger partial charge on any atom is -0.247 e. The van der Waals surface area contributed by atoms with Crippen LogP contribution in [-0.2, 0) is 19.4 Å². The maximum absolute atomic E-state index is 11.4. The zero-order valence-electron chi connectivity index (χ0n) is 10.9. The van der Waals surface area contributed by atoms with Crippen LogP contribution in [0.3, 0.4) is 0 Å². The highest BCUT2D eigenvalue weighted by molar-refractivity contribution is 5.73. The zero-order chi connectivity index (χ0) is 12.8. The van der Waals surface area contributed by atoms with E-state index in [2.05, 4.69) is 9.78 Å². The van der Waals surface area contributed by atoms with Crippen molar-refractivity contribution in [1.29, 1.82) is 0 Å². The topological polar surface area (TPSA) is 52.6 Å². The fourth-order valence-corrected chi connectivity index (χ4v) is 3.06. The SMILES string of the molecule is O=C(CC1CCCC1)OOC(=O)CC1CCCC1. The van der Waals surface area contributed by atoms with Gasteiger partial charge in [0.15, 0.2) is 0 Å². The molecular formula is C14H22O4. The Labute approximate surface area is 108 Å². The molecule has 0 aliphatic heterocycles. The third-order valence-corrected chi connectivity index (χ3v) is 4.09. The Bertz CT molecular complexity index is 258. The van der Waals surface area contributed by atoms with Gasteiger partial charge in [0, 0.05) is 0 Å². The smallest absolute Gasteiger partial charge is 0.247 e. The van der Waals surface area contributed by atoms with E-state index in [1.807, 2.05) is 0 Å². The van der Waals surface area contributed by atoms with Crippen molar-refractivity contribution in [3.05, 3.63) is 0 Å². The van der Waals surface area contributed by atoms with Crippen LogP contribution in [0.15, 0.2) is 0 Å². The molecule has 0 unspecified atom stereocenters. The van der Waals surface area contributed by atoms with Crippen molar-refractivity contribution in [3.63, 3.8) is 0 Å². The second-order valence-electron chi connectivity index (χ2n) is 5.62. The Kier molecular flexibility index (Phi) is 5.02. The van der Waals surface area contributed by atoms with Gasteiger partial charge in [0.2, 0.25) is 0 Å². The summed E-state index contributed by atoms with van der Waals surface area (Å²) in [6.07, 6.45) is 9.90. The summed E-state index contributed by atoms with van der Waals surface area (Å²) in [5.74, 6) is 0.0420. The highest BCUT2D eigenvalue weighted by Crippen LogP contribution is 2.29. The molecule has 0 aromatic heterocycles. The van der Waals surface area contributed by atoms with Crippen LogP contribution in [0.5, 0.6) is 0 Å². The molecule has 0 aromatic carbocycles. The molecular weight excluding hydrogens is 232 g/mol. The van der Waals surface area contributed by atoms with Crippen LogP contribution in [0.1, 0.15) is 64.2 Å². The first-order valence-corrected chi connectivity index (χ1v) is 7.14. The van der Waals surface area contributed by atoms with Gasteiger partial charge in [0.25, 0.3) is 0 Å². The summed E-state index contributed by atoms with van der Waals surface area (Å²) in [4.78, 5) is 32.1. The summed E-state index contributed by atoms with van der Waals surface area (Å²) in [7, 11) is 0. The third kappa shape index (κ3) is 4.31. The summed E-state index contributed by atoms with van der Waals surface area (Å²) in [6, 6.07) is 0. The lowest BCUT2D eigenvalue weighted by atomic mass is 10.0. The van der Waals surface area contributed by atoms with Crippen molar-refractivity contribution in [3.8, 4) is 0 Å². The van der Waals surface area contributed by atoms with E-state index >= 15 is 0 Å². The Morgan fingerprint density at radius 2 is 1.06 bits per heavy atom. The Morgan fingerprint density at radius 3 is 1.39 bits per heavy atom. The molecule has 4 heteroatoms. The Hall–Kier alpha value is -1.06. The standard InChI is InChI=1S/C14H22O4/c15-13(9-11-5-1-2-6-11)17-18-14(16)10-12-7-3-4-8-12/h11-12H,1-10H2. The summed E-state index contributed by atoms with van der Waals surface area (Å²) in [6.45, 7) is 0. The molecule has 0 N–H and O–H groups in total. The number of rotatable bonds is 4. The van der Waals surface area contributed by atoms with Crippen molar-refractivity contribution >= 4 is 11.9 Å². The van der Waals surface area contributed by atoms with Crippen molar-refractivity contribution in [1.82, 2.24) is 0 Å². The van der Waals surface area contributed by atoms with Gasteiger partial charge in [0.1, 0.15) is 0 Å². The Balaban J connectivity index is 1.57. The number of hydrogen-bond acceptors (Lipinski definition) is 4. The molecule has 102 valence electrons. The number of carbonyl (C=O) groups is 2. The maximum atomic E-state index is 11.4. The average molecular weight is 254 g/mol. The van der Waals surface area contributed by atoms with Crippen LogP contribution in [0.2, 0.25) is 0 Å². The highest BCUT2D eigenvalue weighted by atomic mass is 17.2. The lowest BCUT2D eigenvalue weighted by molar-refractivity contribution is -0.260. The van der Waals surface area contributed by atoms with Crippen molar-refractivity contribution in [2.75, 3.05) is 0 Å². The van der Waals surface area contributed by atoms with E-state index < -0.39 is 11.9 Å². The minimum atomic E-state index is -0.401. The molecule has 0 atom stereocenters. The van der Waals surface area contributed by atoms with Gasteiger partial charge in [-0.1, -0.05) is 25.7 Å². The molecule has 0 heterocycles. The number of hydrogen-bond donors (Lipinski definition) is 0. The average Bonchev–Trinajstić information content (AvgIpc) is 2.99. The van der Waals surface area contributed by atoms with Gasteiger partial charge >= 0.3 is 11.9 Å². The van der Waals surface area contributed by atoms with E-state index in [0.717, 1.165) is 25.7 Å². The van der Waals surface area contributed by atoms with Gasteiger partial charge in [-0.05, 0) is 37.5 Å². The molecule has 2 fully saturated rings. The van der Waals surface area contributed by atoms with E-state index in [4.69, 9.17) is 0 Å². The van der Waals surface area contributed by atoms with Gasteiger partial charge in [-0.2, -0.15) is 0 Å². The molecule has 2 saturated carbocycles. The maximum Gasteiger partial charge on any atom is 0.355 e. The molecule has 0 radical (unpaired) electrons. The van der Waals surface area contributed by atoms with E-state index in [0.29, 0.717) is 24.7 Å². The van der Waals surface area contributed by atoms with Crippen molar-refractivity contribution < 1.29 is 19.4 Å². The molecule has 0 bridgehead atoms. The normalized spacial score (nSPS) is 21.1. The second-order valence-corrected chi connectivity index (χ2v) is 5.62. The second kappa shape index (κ2) is 6.76. The summed E-state index contributed by atoms with van der Waals surface area (Å²) in [5.41, 5.74) is 0. The molecule has 0 saturated heterocycles. The van der Waals surface area contributed by atoms with Crippen LogP contribution < -0.4 is 0 Å². The van der Waals surface area contributed by atoms with Gasteiger partial charge in [0.05, 0.1) is 12.8 Å². The third-order valence-electron chi connectivity index (χ3n) is 4.09.